The Labute approximate surface area is 148 Å². The minimum atomic E-state index is -4.53. The van der Waals surface area contributed by atoms with Crippen LogP contribution in [0, 0.1) is 24.2 Å². The fourth-order valence-electron chi connectivity index (χ4n) is 2.88. The van der Waals surface area contributed by atoms with Crippen molar-refractivity contribution >= 4 is 17.5 Å². The average Bonchev–Trinajstić information content (AvgIpc) is 2.87. The van der Waals surface area contributed by atoms with Gasteiger partial charge in [-0.2, -0.15) is 28.5 Å². The molecular formula is C16H18F3N7. The number of nitrogens with one attached hydrogen (secondary N) is 2. The van der Waals surface area contributed by atoms with Crippen molar-refractivity contribution in [2.24, 2.45) is 5.92 Å². The second kappa shape index (κ2) is 6.82. The number of halogens is 3. The topological polar surface area (TPSA) is 91.5 Å². The van der Waals surface area contributed by atoms with Crippen molar-refractivity contribution in [2.75, 3.05) is 17.2 Å². The normalized spacial score (nSPS) is 19.5. The zero-order valence-electron chi connectivity index (χ0n) is 14.3. The first-order chi connectivity index (χ1) is 12.3. The molecule has 0 aliphatic heterocycles. The Kier molecular flexibility index (Phi) is 4.71. The van der Waals surface area contributed by atoms with Gasteiger partial charge in [-0.1, -0.05) is 0 Å². The molecule has 0 unspecified atom stereocenters. The molecule has 0 amide bonds. The van der Waals surface area contributed by atoms with Crippen molar-refractivity contribution in [3.8, 4) is 6.07 Å². The molecule has 0 aromatic carbocycles. The van der Waals surface area contributed by atoms with Crippen LogP contribution < -0.4 is 10.6 Å². The average molecular weight is 365 g/mol. The van der Waals surface area contributed by atoms with E-state index in [1.165, 1.54) is 0 Å². The fourth-order valence-corrected chi connectivity index (χ4v) is 2.88. The molecule has 26 heavy (non-hydrogen) atoms. The summed E-state index contributed by atoms with van der Waals surface area (Å²) in [6.07, 6.45) is -0.683. The minimum Gasteiger partial charge on any atom is -0.370 e. The molecule has 1 saturated carbocycles. The Morgan fingerprint density at radius 1 is 1.35 bits per heavy atom. The summed E-state index contributed by atoms with van der Waals surface area (Å²) in [5.41, 5.74) is 0.529. The highest BCUT2D eigenvalue weighted by Gasteiger charge is 2.35. The van der Waals surface area contributed by atoms with Crippen molar-refractivity contribution in [1.82, 2.24) is 19.7 Å². The van der Waals surface area contributed by atoms with E-state index in [0.29, 0.717) is 12.2 Å². The molecule has 2 aromatic heterocycles. The van der Waals surface area contributed by atoms with E-state index in [1.807, 2.05) is 11.6 Å². The lowest BCUT2D eigenvalue weighted by Crippen LogP contribution is -2.27. The molecule has 0 atom stereocenters. The lowest BCUT2D eigenvalue weighted by molar-refractivity contribution is -0.137. The highest BCUT2D eigenvalue weighted by atomic mass is 19.4. The molecule has 1 aliphatic rings. The van der Waals surface area contributed by atoms with Crippen molar-refractivity contribution in [1.29, 1.82) is 5.26 Å². The van der Waals surface area contributed by atoms with E-state index in [4.69, 9.17) is 5.26 Å². The van der Waals surface area contributed by atoms with Gasteiger partial charge in [0.05, 0.1) is 35.6 Å². The lowest BCUT2D eigenvalue weighted by atomic mass is 9.81. The summed E-state index contributed by atoms with van der Waals surface area (Å²) in [5, 5.41) is 18.7. The molecule has 3 rings (SSSR count). The van der Waals surface area contributed by atoms with Gasteiger partial charge in [0.2, 0.25) is 5.95 Å². The van der Waals surface area contributed by atoms with E-state index in [0.717, 1.165) is 24.7 Å². The number of hydrogen-bond acceptors (Lipinski definition) is 6. The number of alkyl halides is 3. The molecule has 2 aromatic rings. The second-order valence-corrected chi connectivity index (χ2v) is 6.15. The number of nitrogens with zero attached hydrogens (tertiary/aromatic N) is 5. The van der Waals surface area contributed by atoms with Crippen LogP contribution in [0.25, 0.3) is 0 Å². The van der Waals surface area contributed by atoms with Gasteiger partial charge < -0.3 is 10.6 Å². The highest BCUT2D eigenvalue weighted by Crippen LogP contribution is 2.39. The van der Waals surface area contributed by atoms with E-state index in [-0.39, 0.29) is 23.7 Å². The summed E-state index contributed by atoms with van der Waals surface area (Å²) < 4.78 is 40.9. The summed E-state index contributed by atoms with van der Waals surface area (Å²) in [7, 11) is 0. The predicted molar refractivity (Wildman–Crippen MR) is 88.8 cm³/mol. The van der Waals surface area contributed by atoms with E-state index in [2.05, 4.69) is 31.8 Å². The van der Waals surface area contributed by atoms with Crippen LogP contribution in [0.15, 0.2) is 12.4 Å². The molecule has 1 aliphatic carbocycles. The Hall–Kier alpha value is -2.83. The minimum absolute atomic E-state index is 0.0557. The van der Waals surface area contributed by atoms with Crippen LogP contribution in [0.3, 0.4) is 0 Å². The van der Waals surface area contributed by atoms with Gasteiger partial charge in [-0.05, 0) is 26.7 Å². The molecule has 10 heteroatoms. The quantitative estimate of drug-likeness (QED) is 0.840. The second-order valence-electron chi connectivity index (χ2n) is 6.15. The van der Waals surface area contributed by atoms with E-state index >= 15 is 0 Å². The number of nitriles is 1. The summed E-state index contributed by atoms with van der Waals surface area (Å²) in [4.78, 5) is 7.72. The van der Waals surface area contributed by atoms with Gasteiger partial charge in [-0.3, -0.25) is 4.68 Å². The fraction of sp³-hybridized carbons (Fsp3) is 0.500. The van der Waals surface area contributed by atoms with Crippen LogP contribution in [-0.4, -0.2) is 26.3 Å². The van der Waals surface area contributed by atoms with E-state index < -0.39 is 11.7 Å². The lowest BCUT2D eigenvalue weighted by Gasteiger charge is -2.31. The number of aromatic nitrogens is 4. The first-order valence-electron chi connectivity index (χ1n) is 8.22. The summed E-state index contributed by atoms with van der Waals surface area (Å²) >= 11 is 0. The Balaban J connectivity index is 1.80. The molecule has 0 spiro atoms. The van der Waals surface area contributed by atoms with Crippen LogP contribution in [-0.2, 0) is 6.18 Å². The van der Waals surface area contributed by atoms with Crippen LogP contribution >= 0.6 is 0 Å². The van der Waals surface area contributed by atoms with Gasteiger partial charge in [-0.15, -0.1) is 0 Å². The Morgan fingerprint density at radius 2 is 2.08 bits per heavy atom. The number of hydrogen-bond donors (Lipinski definition) is 2. The highest BCUT2D eigenvalue weighted by molar-refractivity contribution is 5.58. The maximum absolute atomic E-state index is 13.0. The first-order valence-corrected chi connectivity index (χ1v) is 8.22. The first kappa shape index (κ1) is 18.0. The number of anilines is 3. The van der Waals surface area contributed by atoms with Gasteiger partial charge in [-0.25, -0.2) is 4.98 Å². The smallest absolute Gasteiger partial charge is 0.370 e. The van der Waals surface area contributed by atoms with Gasteiger partial charge in [0.15, 0.2) is 0 Å². The molecular weight excluding hydrogens is 347 g/mol. The summed E-state index contributed by atoms with van der Waals surface area (Å²) in [5.74, 6) is -0.153. The van der Waals surface area contributed by atoms with Gasteiger partial charge in [0.25, 0.3) is 0 Å². The zero-order chi connectivity index (χ0) is 18.9. The molecule has 138 valence electrons. The van der Waals surface area contributed by atoms with Crippen molar-refractivity contribution in [3.63, 3.8) is 0 Å². The van der Waals surface area contributed by atoms with Gasteiger partial charge >= 0.3 is 6.18 Å². The molecule has 0 bridgehead atoms. The third-order valence-electron chi connectivity index (χ3n) is 4.37. The largest absolute Gasteiger partial charge is 0.421 e. The third kappa shape index (κ3) is 3.42. The van der Waals surface area contributed by atoms with Crippen LogP contribution in [0.5, 0.6) is 0 Å². The number of rotatable bonds is 5. The van der Waals surface area contributed by atoms with Crippen molar-refractivity contribution in [2.45, 2.75) is 38.9 Å². The maximum Gasteiger partial charge on any atom is 0.421 e. The Bertz CT molecular complexity index is 831. The maximum atomic E-state index is 13.0. The van der Waals surface area contributed by atoms with E-state index in [1.54, 1.807) is 13.1 Å². The summed E-state index contributed by atoms with van der Waals surface area (Å²) in [6, 6.07) is 2.39. The van der Waals surface area contributed by atoms with Crippen LogP contribution in [0.1, 0.15) is 37.1 Å². The summed E-state index contributed by atoms with van der Waals surface area (Å²) in [6.45, 7) is 3.85. The molecule has 0 radical (unpaired) electrons. The van der Waals surface area contributed by atoms with Crippen molar-refractivity contribution in [3.05, 3.63) is 23.7 Å². The van der Waals surface area contributed by atoms with Crippen LogP contribution in [0.2, 0.25) is 0 Å². The monoisotopic (exact) mass is 365 g/mol. The molecule has 7 nitrogen and oxygen atoms in total. The standard InChI is InChI=1S/C16H18F3N7/c1-3-21-14-12(16(17,18)19)7-22-15(25-14)24-13-8-23-26(9(13)2)11-4-10(5-11)6-20/h7-8,10-11H,3-5H2,1-2H3,(H2,21,22,24,25)/t10-,11+. The molecule has 2 N–H and O–H groups in total. The zero-order valence-corrected chi connectivity index (χ0v) is 14.3. The molecule has 2 heterocycles. The van der Waals surface area contributed by atoms with Crippen molar-refractivity contribution < 1.29 is 13.2 Å². The SMILES string of the molecule is CCNc1nc(Nc2cnn([C@H]3C[C@@H](C#N)C3)c2C)ncc1C(F)(F)F. The van der Waals surface area contributed by atoms with Crippen LogP contribution in [0.4, 0.5) is 30.6 Å². The molecule has 1 fully saturated rings. The predicted octanol–water partition coefficient (Wildman–Crippen LogP) is 3.65. The van der Waals surface area contributed by atoms with E-state index in [9.17, 15) is 13.2 Å². The molecule has 0 saturated heterocycles. The van der Waals surface area contributed by atoms with Gasteiger partial charge in [0.1, 0.15) is 11.4 Å². The Morgan fingerprint density at radius 3 is 2.69 bits per heavy atom. The third-order valence-corrected chi connectivity index (χ3v) is 4.37. The van der Waals surface area contributed by atoms with Gasteiger partial charge in [0, 0.05) is 12.7 Å².